The molecule has 10 heteroatoms. The number of carbonyl (C=O) groups is 4. The highest BCUT2D eigenvalue weighted by Crippen LogP contribution is 2.35. The van der Waals surface area contributed by atoms with Gasteiger partial charge in [0.1, 0.15) is 11.5 Å². The van der Waals surface area contributed by atoms with Crippen molar-refractivity contribution in [2.24, 2.45) is 5.92 Å². The van der Waals surface area contributed by atoms with Gasteiger partial charge in [-0.1, -0.05) is 17.7 Å². The molecule has 0 spiro atoms. The van der Waals surface area contributed by atoms with Gasteiger partial charge in [0.25, 0.3) is 17.6 Å². The molecule has 35 heavy (non-hydrogen) atoms. The summed E-state index contributed by atoms with van der Waals surface area (Å²) < 4.78 is 15.5. The first kappa shape index (κ1) is 24.9. The van der Waals surface area contributed by atoms with E-state index in [4.69, 9.17) is 11.6 Å². The maximum absolute atomic E-state index is 13.9. The SMILES string of the molecule is Cc1ccc(NC(=O)c2c(Cl)c(C(=O)C(=O)NC3(C)CCC(C(=O)O)CC3)n3c2CCC3)cc1F. The van der Waals surface area contributed by atoms with Gasteiger partial charge in [-0.15, -0.1) is 0 Å². The second-order valence-corrected chi connectivity index (χ2v) is 9.99. The van der Waals surface area contributed by atoms with Crippen LogP contribution in [0, 0.1) is 18.7 Å². The van der Waals surface area contributed by atoms with Crippen molar-refractivity contribution in [3.05, 3.63) is 51.6 Å². The molecule has 1 aliphatic heterocycles. The Morgan fingerprint density at radius 3 is 2.51 bits per heavy atom. The second kappa shape index (κ2) is 9.45. The van der Waals surface area contributed by atoms with Gasteiger partial charge < -0.3 is 20.3 Å². The number of aryl methyl sites for hydroxylation is 1. The second-order valence-electron chi connectivity index (χ2n) is 9.61. The summed E-state index contributed by atoms with van der Waals surface area (Å²) in [7, 11) is 0. The van der Waals surface area contributed by atoms with E-state index in [2.05, 4.69) is 10.6 Å². The van der Waals surface area contributed by atoms with Gasteiger partial charge in [-0.2, -0.15) is 0 Å². The number of anilines is 1. The van der Waals surface area contributed by atoms with Crippen molar-refractivity contribution in [3.8, 4) is 0 Å². The van der Waals surface area contributed by atoms with E-state index in [-0.39, 0.29) is 22.0 Å². The number of ketones is 1. The fourth-order valence-electron chi connectivity index (χ4n) is 4.93. The molecule has 0 unspecified atom stereocenters. The molecule has 1 aliphatic carbocycles. The summed E-state index contributed by atoms with van der Waals surface area (Å²) in [5, 5.41) is 14.5. The summed E-state index contributed by atoms with van der Waals surface area (Å²) in [5.41, 5.74) is 0.609. The van der Waals surface area contributed by atoms with Gasteiger partial charge in [0, 0.05) is 23.5 Å². The van der Waals surface area contributed by atoms with Gasteiger partial charge in [0.05, 0.1) is 16.5 Å². The number of rotatable bonds is 6. The normalized spacial score (nSPS) is 21.3. The van der Waals surface area contributed by atoms with E-state index < -0.39 is 40.8 Å². The topological polar surface area (TPSA) is 118 Å². The Hall–Kier alpha value is -3.20. The van der Waals surface area contributed by atoms with Crippen LogP contribution in [0.3, 0.4) is 0 Å². The third kappa shape index (κ3) is 4.82. The molecule has 0 radical (unpaired) electrons. The highest BCUT2D eigenvalue weighted by Gasteiger charge is 2.39. The lowest BCUT2D eigenvalue weighted by atomic mass is 9.77. The quantitative estimate of drug-likeness (QED) is 0.405. The zero-order chi connectivity index (χ0) is 25.5. The fraction of sp³-hybridized carbons (Fsp3) is 0.440. The highest BCUT2D eigenvalue weighted by atomic mass is 35.5. The largest absolute Gasteiger partial charge is 0.481 e. The molecule has 0 bridgehead atoms. The number of halogens is 2. The highest BCUT2D eigenvalue weighted by molar-refractivity contribution is 6.48. The van der Waals surface area contributed by atoms with E-state index in [0.717, 1.165) is 0 Å². The maximum Gasteiger partial charge on any atom is 0.306 e. The van der Waals surface area contributed by atoms with Crippen molar-refractivity contribution in [3.63, 3.8) is 0 Å². The Morgan fingerprint density at radius 2 is 1.89 bits per heavy atom. The number of aromatic nitrogens is 1. The third-order valence-corrected chi connectivity index (χ3v) is 7.41. The third-order valence-electron chi connectivity index (χ3n) is 7.04. The molecular formula is C25H27ClFN3O5. The Bertz CT molecular complexity index is 1230. The molecule has 2 aliphatic rings. The van der Waals surface area contributed by atoms with Gasteiger partial charge >= 0.3 is 5.97 Å². The fourth-order valence-corrected chi connectivity index (χ4v) is 5.31. The van der Waals surface area contributed by atoms with Crippen LogP contribution in [0.5, 0.6) is 0 Å². The summed E-state index contributed by atoms with van der Waals surface area (Å²) in [6, 6.07) is 4.32. The molecule has 0 saturated heterocycles. The summed E-state index contributed by atoms with van der Waals surface area (Å²) in [5.74, 6) is -4.05. The van der Waals surface area contributed by atoms with Crippen molar-refractivity contribution >= 4 is 40.9 Å². The van der Waals surface area contributed by atoms with Crippen molar-refractivity contribution in [2.45, 2.75) is 64.5 Å². The Labute approximate surface area is 206 Å². The molecule has 3 N–H and O–H groups in total. The smallest absolute Gasteiger partial charge is 0.306 e. The van der Waals surface area contributed by atoms with Gasteiger partial charge in [0.2, 0.25) is 0 Å². The molecule has 1 aromatic carbocycles. The van der Waals surface area contributed by atoms with Gasteiger partial charge in [-0.25, -0.2) is 4.39 Å². The molecule has 2 heterocycles. The molecule has 1 fully saturated rings. The molecule has 0 atom stereocenters. The van der Waals surface area contributed by atoms with Crippen molar-refractivity contribution < 1.29 is 28.7 Å². The summed E-state index contributed by atoms with van der Waals surface area (Å²) in [6.07, 6.45) is 2.88. The van der Waals surface area contributed by atoms with Gasteiger partial charge in [0.15, 0.2) is 0 Å². The molecule has 186 valence electrons. The minimum atomic E-state index is -0.857. The average molecular weight is 504 g/mol. The van der Waals surface area contributed by atoms with Crippen LogP contribution in [-0.4, -0.2) is 38.8 Å². The molecule has 2 aromatic rings. The van der Waals surface area contributed by atoms with Crippen LogP contribution in [0.2, 0.25) is 5.02 Å². The average Bonchev–Trinajstić information content (AvgIpc) is 3.35. The molecule has 1 aromatic heterocycles. The number of hydrogen-bond donors (Lipinski definition) is 3. The van der Waals surface area contributed by atoms with Crippen LogP contribution >= 0.6 is 11.6 Å². The molecule has 1 saturated carbocycles. The van der Waals surface area contributed by atoms with Crippen molar-refractivity contribution in [1.82, 2.24) is 9.88 Å². The number of carbonyl (C=O) groups excluding carboxylic acids is 3. The van der Waals surface area contributed by atoms with Crippen molar-refractivity contribution in [2.75, 3.05) is 5.32 Å². The van der Waals surface area contributed by atoms with Crippen LogP contribution in [0.15, 0.2) is 18.2 Å². The van der Waals surface area contributed by atoms with E-state index in [0.29, 0.717) is 56.3 Å². The molecule has 4 rings (SSSR count). The number of amides is 2. The predicted octanol–water partition coefficient (Wildman–Crippen LogP) is 4.12. The molecule has 8 nitrogen and oxygen atoms in total. The van der Waals surface area contributed by atoms with E-state index in [1.807, 2.05) is 0 Å². The Morgan fingerprint density at radius 1 is 1.20 bits per heavy atom. The monoisotopic (exact) mass is 503 g/mol. The summed E-state index contributed by atoms with van der Waals surface area (Å²) in [6.45, 7) is 3.84. The van der Waals surface area contributed by atoms with Gasteiger partial charge in [-0.05, 0) is 70.1 Å². The number of Topliss-reactive ketones (excluding diaryl/α,β-unsaturated/α-hetero) is 1. The number of carboxylic acid groups (broad SMARTS) is 1. The number of nitrogens with one attached hydrogen (secondary N) is 2. The van der Waals surface area contributed by atoms with Crippen molar-refractivity contribution in [1.29, 1.82) is 0 Å². The number of aliphatic carboxylic acids is 1. The van der Waals surface area contributed by atoms with Crippen LogP contribution < -0.4 is 10.6 Å². The lowest BCUT2D eigenvalue weighted by Crippen LogP contribution is -2.51. The zero-order valence-corrected chi connectivity index (χ0v) is 20.3. The maximum atomic E-state index is 13.9. The minimum Gasteiger partial charge on any atom is -0.481 e. The lowest BCUT2D eigenvalue weighted by molar-refractivity contribution is -0.143. The van der Waals surface area contributed by atoms with Crippen LogP contribution in [0.4, 0.5) is 10.1 Å². The Balaban J connectivity index is 1.55. The van der Waals surface area contributed by atoms with E-state index in [9.17, 15) is 28.7 Å². The van der Waals surface area contributed by atoms with Gasteiger partial charge in [-0.3, -0.25) is 19.2 Å². The Kier molecular flexibility index (Phi) is 6.73. The van der Waals surface area contributed by atoms with Crippen LogP contribution in [-0.2, 0) is 22.6 Å². The van der Waals surface area contributed by atoms with E-state index >= 15 is 0 Å². The summed E-state index contributed by atoms with van der Waals surface area (Å²) >= 11 is 6.51. The first-order valence-corrected chi connectivity index (χ1v) is 12.0. The lowest BCUT2D eigenvalue weighted by Gasteiger charge is -2.36. The minimum absolute atomic E-state index is 0.0419. The predicted molar refractivity (Wildman–Crippen MR) is 127 cm³/mol. The number of hydrogen-bond acceptors (Lipinski definition) is 4. The van der Waals surface area contributed by atoms with Crippen LogP contribution in [0.25, 0.3) is 0 Å². The van der Waals surface area contributed by atoms with E-state index in [1.54, 1.807) is 30.5 Å². The first-order valence-electron chi connectivity index (χ1n) is 11.6. The van der Waals surface area contributed by atoms with Crippen LogP contribution in [0.1, 0.15) is 71.1 Å². The zero-order valence-electron chi connectivity index (χ0n) is 19.5. The number of benzene rings is 1. The summed E-state index contributed by atoms with van der Waals surface area (Å²) in [4.78, 5) is 50.4. The van der Waals surface area contributed by atoms with E-state index in [1.165, 1.54) is 6.07 Å². The first-order chi connectivity index (χ1) is 16.5. The number of carboxylic acids is 1. The number of nitrogens with zero attached hydrogens (tertiary/aromatic N) is 1. The number of fused-ring (bicyclic) bond motifs is 1. The molecule has 2 amide bonds. The standard InChI is InChI=1S/C25H27ClFN3O5/c1-13-5-6-15(12-16(13)27)28-22(32)18-17-4-3-11-30(17)20(19(18)26)21(31)23(33)29-25(2)9-7-14(8-10-25)24(34)35/h5-6,12,14H,3-4,7-11H2,1-2H3,(H,28,32)(H,29,33)(H,34,35). The molecular weight excluding hydrogens is 477 g/mol.